The maximum atomic E-state index is 11.0. The van der Waals surface area contributed by atoms with E-state index in [0.717, 1.165) is 5.57 Å². The number of methoxy groups -OCH3 is 1. The topological polar surface area (TPSA) is 52.3 Å². The van der Waals surface area contributed by atoms with Gasteiger partial charge in [-0.2, -0.15) is 0 Å². The van der Waals surface area contributed by atoms with Crippen molar-refractivity contribution in [3.8, 4) is 0 Å². The highest BCUT2D eigenvalue weighted by atomic mass is 16.5. The summed E-state index contributed by atoms with van der Waals surface area (Å²) >= 11 is 0. The van der Waals surface area contributed by atoms with Crippen LogP contribution in [0.15, 0.2) is 37.0 Å². The van der Waals surface area contributed by atoms with Crippen molar-refractivity contribution < 1.29 is 9.53 Å². The van der Waals surface area contributed by atoms with E-state index in [1.807, 2.05) is 0 Å². The lowest BCUT2D eigenvalue weighted by atomic mass is 9.95. The van der Waals surface area contributed by atoms with Crippen LogP contribution in [0, 0.1) is 5.92 Å². The molecular weight excluding hydrogens is 178 g/mol. The Bertz CT molecular complexity index is 244. The third-order valence-corrected chi connectivity index (χ3v) is 1.94. The Hall–Kier alpha value is -1.35. The standard InChI is InChI=1S/C11H17NO2/c1-4-6-9(5-2)10(8-12)7-11(13)14-3/h4-6,10H,1-2,7-8,12H2,3H3/b9-6+. The highest BCUT2D eigenvalue weighted by Crippen LogP contribution is 2.15. The third-order valence-electron chi connectivity index (χ3n) is 1.94. The molecule has 3 heteroatoms. The largest absolute Gasteiger partial charge is 0.469 e. The van der Waals surface area contributed by atoms with Gasteiger partial charge in [-0.1, -0.05) is 31.4 Å². The molecule has 0 aliphatic heterocycles. The molecule has 0 amide bonds. The van der Waals surface area contributed by atoms with E-state index in [0.29, 0.717) is 6.54 Å². The Morgan fingerprint density at radius 3 is 2.57 bits per heavy atom. The van der Waals surface area contributed by atoms with Gasteiger partial charge in [-0.05, 0) is 12.1 Å². The minimum absolute atomic E-state index is 0.0436. The van der Waals surface area contributed by atoms with E-state index in [2.05, 4.69) is 17.9 Å². The van der Waals surface area contributed by atoms with E-state index >= 15 is 0 Å². The first-order chi connectivity index (χ1) is 6.69. The average Bonchev–Trinajstić information content (AvgIpc) is 2.22. The first kappa shape index (κ1) is 12.7. The summed E-state index contributed by atoms with van der Waals surface area (Å²) in [6.45, 7) is 7.63. The summed E-state index contributed by atoms with van der Waals surface area (Å²) in [6, 6.07) is 0. The Kier molecular flexibility index (Phi) is 6.41. The maximum Gasteiger partial charge on any atom is 0.306 e. The van der Waals surface area contributed by atoms with Gasteiger partial charge in [0.15, 0.2) is 0 Å². The molecule has 0 aromatic rings. The molecule has 0 fully saturated rings. The van der Waals surface area contributed by atoms with Crippen molar-refractivity contribution in [1.82, 2.24) is 0 Å². The summed E-state index contributed by atoms with van der Waals surface area (Å²) in [7, 11) is 1.36. The van der Waals surface area contributed by atoms with Crippen LogP contribution >= 0.6 is 0 Å². The summed E-state index contributed by atoms with van der Waals surface area (Å²) in [5, 5.41) is 0. The first-order valence-corrected chi connectivity index (χ1v) is 4.41. The maximum absolute atomic E-state index is 11.0. The van der Waals surface area contributed by atoms with Gasteiger partial charge in [-0.25, -0.2) is 0 Å². The molecule has 0 heterocycles. The minimum atomic E-state index is -0.266. The second-order valence-corrected chi connectivity index (χ2v) is 2.82. The molecule has 1 unspecified atom stereocenters. The van der Waals surface area contributed by atoms with E-state index in [1.54, 1.807) is 18.2 Å². The van der Waals surface area contributed by atoms with Crippen molar-refractivity contribution in [3.63, 3.8) is 0 Å². The summed E-state index contributed by atoms with van der Waals surface area (Å²) in [4.78, 5) is 11.0. The SMILES string of the molecule is C=C/C=C(\C=C)C(CN)CC(=O)OC. The number of esters is 1. The number of ether oxygens (including phenoxy) is 1. The number of carbonyl (C=O) groups excluding carboxylic acids is 1. The fourth-order valence-corrected chi connectivity index (χ4v) is 1.13. The second kappa shape index (κ2) is 7.09. The van der Waals surface area contributed by atoms with E-state index in [9.17, 15) is 4.79 Å². The monoisotopic (exact) mass is 195 g/mol. The Labute approximate surface area is 84.9 Å². The molecule has 0 radical (unpaired) electrons. The first-order valence-electron chi connectivity index (χ1n) is 4.41. The van der Waals surface area contributed by atoms with Crippen molar-refractivity contribution in [2.24, 2.45) is 11.7 Å². The van der Waals surface area contributed by atoms with Gasteiger partial charge < -0.3 is 10.5 Å². The quantitative estimate of drug-likeness (QED) is 0.515. The van der Waals surface area contributed by atoms with Crippen LogP contribution in [-0.2, 0) is 9.53 Å². The zero-order valence-electron chi connectivity index (χ0n) is 8.53. The number of rotatable bonds is 6. The number of nitrogens with two attached hydrogens (primary N) is 1. The predicted molar refractivity (Wildman–Crippen MR) is 57.7 cm³/mol. The van der Waals surface area contributed by atoms with Crippen LogP contribution in [0.5, 0.6) is 0 Å². The molecule has 0 saturated heterocycles. The molecule has 0 aliphatic carbocycles. The second-order valence-electron chi connectivity index (χ2n) is 2.82. The summed E-state index contributed by atoms with van der Waals surface area (Å²) in [5.74, 6) is -0.310. The van der Waals surface area contributed by atoms with E-state index in [1.165, 1.54) is 7.11 Å². The van der Waals surface area contributed by atoms with Crippen molar-refractivity contribution in [2.45, 2.75) is 6.42 Å². The lowest BCUT2D eigenvalue weighted by Gasteiger charge is -2.13. The molecular formula is C11H17NO2. The molecule has 2 N–H and O–H groups in total. The van der Waals surface area contributed by atoms with Gasteiger partial charge in [-0.15, -0.1) is 0 Å². The number of hydrogen-bond acceptors (Lipinski definition) is 3. The van der Waals surface area contributed by atoms with Crippen molar-refractivity contribution in [3.05, 3.63) is 37.0 Å². The van der Waals surface area contributed by atoms with Gasteiger partial charge in [0.25, 0.3) is 0 Å². The molecule has 0 rings (SSSR count). The predicted octanol–water partition coefficient (Wildman–Crippen LogP) is 1.42. The van der Waals surface area contributed by atoms with Crippen molar-refractivity contribution in [1.29, 1.82) is 0 Å². The van der Waals surface area contributed by atoms with Crippen LogP contribution in [0.4, 0.5) is 0 Å². The fourth-order valence-electron chi connectivity index (χ4n) is 1.13. The highest BCUT2D eigenvalue weighted by molar-refractivity contribution is 5.70. The van der Waals surface area contributed by atoms with E-state index in [4.69, 9.17) is 5.73 Å². The van der Waals surface area contributed by atoms with Crippen LogP contribution in [0.1, 0.15) is 6.42 Å². The van der Waals surface area contributed by atoms with E-state index in [-0.39, 0.29) is 18.3 Å². The summed E-state index contributed by atoms with van der Waals surface area (Å²) in [5.41, 5.74) is 6.46. The van der Waals surface area contributed by atoms with Crippen LogP contribution in [-0.4, -0.2) is 19.6 Å². The molecule has 1 atom stereocenters. The Morgan fingerprint density at radius 1 is 1.57 bits per heavy atom. The molecule has 0 saturated carbocycles. The molecule has 0 spiro atoms. The number of carbonyl (C=O) groups is 1. The molecule has 0 aliphatic rings. The van der Waals surface area contributed by atoms with Gasteiger partial charge in [-0.3, -0.25) is 4.79 Å². The normalized spacial score (nSPS) is 13.1. The minimum Gasteiger partial charge on any atom is -0.469 e. The molecule has 14 heavy (non-hydrogen) atoms. The molecule has 78 valence electrons. The third kappa shape index (κ3) is 4.05. The van der Waals surface area contributed by atoms with E-state index < -0.39 is 0 Å². The molecule has 0 aromatic carbocycles. The van der Waals surface area contributed by atoms with Gasteiger partial charge in [0.2, 0.25) is 0 Å². The van der Waals surface area contributed by atoms with Gasteiger partial charge in [0, 0.05) is 5.92 Å². The van der Waals surface area contributed by atoms with Crippen LogP contribution < -0.4 is 5.73 Å². The van der Waals surface area contributed by atoms with Crippen molar-refractivity contribution in [2.75, 3.05) is 13.7 Å². The van der Waals surface area contributed by atoms with Gasteiger partial charge >= 0.3 is 5.97 Å². The number of allylic oxidation sites excluding steroid dienone is 3. The van der Waals surface area contributed by atoms with Crippen molar-refractivity contribution >= 4 is 5.97 Å². The van der Waals surface area contributed by atoms with Crippen LogP contribution in [0.25, 0.3) is 0 Å². The zero-order valence-corrected chi connectivity index (χ0v) is 8.53. The van der Waals surface area contributed by atoms with Gasteiger partial charge in [0.05, 0.1) is 13.5 Å². The van der Waals surface area contributed by atoms with Gasteiger partial charge in [0.1, 0.15) is 0 Å². The molecule has 0 aromatic heterocycles. The molecule has 3 nitrogen and oxygen atoms in total. The van der Waals surface area contributed by atoms with Crippen LogP contribution in [0.2, 0.25) is 0 Å². The lowest BCUT2D eigenvalue weighted by molar-refractivity contribution is -0.141. The average molecular weight is 195 g/mol. The Morgan fingerprint density at radius 2 is 2.21 bits per heavy atom. The smallest absolute Gasteiger partial charge is 0.306 e. The summed E-state index contributed by atoms with van der Waals surface area (Å²) < 4.78 is 4.57. The number of hydrogen-bond donors (Lipinski definition) is 1. The zero-order chi connectivity index (χ0) is 11.0. The summed E-state index contributed by atoms with van der Waals surface area (Å²) in [6.07, 6.45) is 5.41. The fraction of sp³-hybridized carbons (Fsp3) is 0.364. The van der Waals surface area contributed by atoms with Crippen LogP contribution in [0.3, 0.4) is 0 Å². The Balaban J connectivity index is 4.52. The lowest BCUT2D eigenvalue weighted by Crippen LogP contribution is -2.20. The highest BCUT2D eigenvalue weighted by Gasteiger charge is 2.14. The molecule has 0 bridgehead atoms.